The third kappa shape index (κ3) is 5.52. The summed E-state index contributed by atoms with van der Waals surface area (Å²) in [6.45, 7) is 3.55. The van der Waals surface area contributed by atoms with Crippen molar-refractivity contribution in [3.8, 4) is 17.1 Å². The number of nitrogens with one attached hydrogen (secondary N) is 3. The third-order valence-corrected chi connectivity index (χ3v) is 6.31. The van der Waals surface area contributed by atoms with Crippen LogP contribution in [0, 0.1) is 5.82 Å². The number of aromatic amines is 1. The predicted molar refractivity (Wildman–Crippen MR) is 135 cm³/mol. The van der Waals surface area contributed by atoms with E-state index in [2.05, 4.69) is 27.5 Å². The first-order chi connectivity index (χ1) is 17.6. The summed E-state index contributed by atoms with van der Waals surface area (Å²) in [5.74, 6) is 0.819. The zero-order chi connectivity index (χ0) is 24.9. The fourth-order valence-corrected chi connectivity index (χ4v) is 4.33. The number of hydrogen-bond donors (Lipinski definition) is 3. The lowest BCUT2D eigenvalue weighted by Gasteiger charge is -2.35. The summed E-state index contributed by atoms with van der Waals surface area (Å²) in [6, 6.07) is 11.8. The molecular weight excluding hydrogens is 459 g/mol. The van der Waals surface area contributed by atoms with Crippen LogP contribution in [0.15, 0.2) is 54.9 Å². The van der Waals surface area contributed by atoms with E-state index in [-0.39, 0.29) is 17.8 Å². The van der Waals surface area contributed by atoms with Crippen LogP contribution in [0.1, 0.15) is 42.4 Å². The molecule has 0 atom stereocenters. The number of rotatable bonds is 10. The summed E-state index contributed by atoms with van der Waals surface area (Å²) in [4.78, 5) is 29.5. The molecule has 2 aromatic heterocycles. The van der Waals surface area contributed by atoms with Gasteiger partial charge >= 0.3 is 0 Å². The molecule has 0 saturated heterocycles. The molecule has 1 fully saturated rings. The number of carbonyl (C=O) groups is 1. The number of halogens is 1. The largest absolute Gasteiger partial charge is 0.473 e. The van der Waals surface area contributed by atoms with Crippen molar-refractivity contribution in [1.29, 1.82) is 0 Å². The lowest BCUT2D eigenvalue weighted by atomic mass is 9.89. The van der Waals surface area contributed by atoms with E-state index in [0.717, 1.165) is 38.1 Å². The van der Waals surface area contributed by atoms with Crippen LogP contribution in [0.5, 0.6) is 5.88 Å². The van der Waals surface area contributed by atoms with Gasteiger partial charge in [0, 0.05) is 42.5 Å². The molecule has 4 aromatic rings. The normalized spacial score (nSPS) is 17.1. The molecule has 0 radical (unpaired) electrons. The highest BCUT2D eigenvalue weighted by Crippen LogP contribution is 2.33. The minimum atomic E-state index is -0.326. The van der Waals surface area contributed by atoms with Crippen molar-refractivity contribution in [2.75, 3.05) is 13.1 Å². The molecule has 2 heterocycles. The van der Waals surface area contributed by atoms with Gasteiger partial charge in [0.15, 0.2) is 0 Å². The Bertz CT molecular complexity index is 1320. The fourth-order valence-electron chi connectivity index (χ4n) is 4.33. The summed E-state index contributed by atoms with van der Waals surface area (Å²) in [5, 5.41) is 6.37. The van der Waals surface area contributed by atoms with Gasteiger partial charge in [-0.25, -0.2) is 19.3 Å². The van der Waals surface area contributed by atoms with E-state index >= 15 is 0 Å². The van der Waals surface area contributed by atoms with Crippen LogP contribution in [-0.2, 0) is 6.42 Å². The number of amides is 1. The van der Waals surface area contributed by atoms with E-state index < -0.39 is 0 Å². The standard InChI is InChI=1S/C27H29FN6O2/c1-2-29-20-15-21(16-20)36-27-25(17-5-8-19(28)9-6-17)33-23-14-18(7-10-22(23)34-27)26(35)32-11-3-4-24-30-12-13-31-24/h5-10,12-14,20-21,29H,2-4,11,15-16H2,1H3,(H,30,31)(H,32,35). The van der Waals surface area contributed by atoms with Crippen LogP contribution in [0.3, 0.4) is 0 Å². The van der Waals surface area contributed by atoms with Gasteiger partial charge in [-0.05, 0) is 68.3 Å². The van der Waals surface area contributed by atoms with Crippen molar-refractivity contribution in [1.82, 2.24) is 30.6 Å². The molecule has 0 aliphatic heterocycles. The van der Waals surface area contributed by atoms with Crippen LogP contribution in [-0.4, -0.2) is 51.1 Å². The van der Waals surface area contributed by atoms with Crippen LogP contribution < -0.4 is 15.4 Å². The highest BCUT2D eigenvalue weighted by Gasteiger charge is 2.31. The van der Waals surface area contributed by atoms with Crippen molar-refractivity contribution in [2.24, 2.45) is 0 Å². The smallest absolute Gasteiger partial charge is 0.251 e. The highest BCUT2D eigenvalue weighted by molar-refractivity contribution is 5.97. The number of fused-ring (bicyclic) bond motifs is 1. The quantitative estimate of drug-likeness (QED) is 0.291. The van der Waals surface area contributed by atoms with E-state index in [1.807, 2.05) is 0 Å². The van der Waals surface area contributed by atoms with Gasteiger partial charge in [0.25, 0.3) is 5.91 Å². The molecule has 2 aromatic carbocycles. The molecular formula is C27H29FN6O2. The first kappa shape index (κ1) is 23.9. The second-order valence-electron chi connectivity index (χ2n) is 8.95. The van der Waals surface area contributed by atoms with Crippen LogP contribution in [0.25, 0.3) is 22.3 Å². The summed E-state index contributed by atoms with van der Waals surface area (Å²) in [7, 11) is 0. The van der Waals surface area contributed by atoms with Crippen molar-refractivity contribution in [3.05, 3.63) is 72.1 Å². The molecule has 1 saturated carbocycles. The molecule has 5 rings (SSSR count). The van der Waals surface area contributed by atoms with Gasteiger partial charge in [0.1, 0.15) is 23.4 Å². The fraction of sp³-hybridized carbons (Fsp3) is 0.333. The number of aromatic nitrogens is 4. The van der Waals surface area contributed by atoms with Gasteiger partial charge < -0.3 is 20.4 Å². The number of H-pyrrole nitrogens is 1. The third-order valence-electron chi connectivity index (χ3n) is 6.31. The van der Waals surface area contributed by atoms with Crippen LogP contribution in [0.2, 0.25) is 0 Å². The summed E-state index contributed by atoms with van der Waals surface area (Å²) < 4.78 is 19.8. The average molecular weight is 489 g/mol. The Morgan fingerprint density at radius 3 is 2.72 bits per heavy atom. The zero-order valence-electron chi connectivity index (χ0n) is 20.1. The van der Waals surface area contributed by atoms with Crippen molar-refractivity contribution < 1.29 is 13.9 Å². The zero-order valence-corrected chi connectivity index (χ0v) is 20.1. The maximum atomic E-state index is 13.6. The Kier molecular flexibility index (Phi) is 7.18. The van der Waals surface area contributed by atoms with Gasteiger partial charge in [0.2, 0.25) is 5.88 Å². The minimum absolute atomic E-state index is 0.0474. The van der Waals surface area contributed by atoms with Crippen molar-refractivity contribution in [3.63, 3.8) is 0 Å². The molecule has 0 spiro atoms. The number of imidazole rings is 1. The van der Waals surface area contributed by atoms with E-state index in [0.29, 0.717) is 46.3 Å². The Morgan fingerprint density at radius 2 is 1.97 bits per heavy atom. The molecule has 0 unspecified atom stereocenters. The molecule has 9 heteroatoms. The average Bonchev–Trinajstić information content (AvgIpc) is 3.39. The summed E-state index contributed by atoms with van der Waals surface area (Å²) in [5.41, 5.74) is 2.94. The Balaban J connectivity index is 1.35. The van der Waals surface area contributed by atoms with E-state index in [9.17, 15) is 9.18 Å². The number of ether oxygens (including phenoxy) is 1. The molecule has 1 aliphatic rings. The molecule has 3 N–H and O–H groups in total. The molecule has 186 valence electrons. The summed E-state index contributed by atoms with van der Waals surface area (Å²) in [6.07, 6.45) is 6.88. The van der Waals surface area contributed by atoms with E-state index in [1.165, 1.54) is 12.1 Å². The number of aryl methyl sites for hydroxylation is 1. The monoisotopic (exact) mass is 488 g/mol. The van der Waals surface area contributed by atoms with Gasteiger partial charge in [0.05, 0.1) is 11.0 Å². The summed E-state index contributed by atoms with van der Waals surface area (Å²) >= 11 is 0. The van der Waals surface area contributed by atoms with Crippen LogP contribution in [0.4, 0.5) is 4.39 Å². The van der Waals surface area contributed by atoms with Crippen molar-refractivity contribution >= 4 is 16.9 Å². The molecule has 8 nitrogen and oxygen atoms in total. The van der Waals surface area contributed by atoms with E-state index in [4.69, 9.17) is 14.7 Å². The molecule has 0 bridgehead atoms. The first-order valence-corrected chi connectivity index (χ1v) is 12.3. The lowest BCUT2D eigenvalue weighted by Crippen LogP contribution is -2.46. The molecule has 1 aliphatic carbocycles. The lowest BCUT2D eigenvalue weighted by molar-refractivity contribution is 0.0821. The number of hydrogen-bond acceptors (Lipinski definition) is 6. The predicted octanol–water partition coefficient (Wildman–Crippen LogP) is 4.04. The SMILES string of the molecule is CCNC1CC(Oc2nc3ccc(C(=O)NCCCc4ncc[nH]4)cc3nc2-c2ccc(F)cc2)C1. The number of benzene rings is 2. The second kappa shape index (κ2) is 10.8. The molecule has 36 heavy (non-hydrogen) atoms. The van der Waals surface area contributed by atoms with E-state index in [1.54, 1.807) is 42.7 Å². The highest BCUT2D eigenvalue weighted by atomic mass is 19.1. The first-order valence-electron chi connectivity index (χ1n) is 12.3. The Hall–Kier alpha value is -3.85. The maximum Gasteiger partial charge on any atom is 0.251 e. The second-order valence-corrected chi connectivity index (χ2v) is 8.95. The van der Waals surface area contributed by atoms with Gasteiger partial charge in [-0.15, -0.1) is 0 Å². The topological polar surface area (TPSA) is 105 Å². The van der Waals surface area contributed by atoms with Crippen molar-refractivity contribution in [2.45, 2.75) is 44.8 Å². The molecule has 1 amide bonds. The maximum absolute atomic E-state index is 13.6. The minimum Gasteiger partial charge on any atom is -0.473 e. The van der Waals surface area contributed by atoms with Crippen LogP contribution >= 0.6 is 0 Å². The van der Waals surface area contributed by atoms with Gasteiger partial charge in [-0.1, -0.05) is 6.92 Å². The number of nitrogens with zero attached hydrogens (tertiary/aromatic N) is 3. The number of carbonyl (C=O) groups excluding carboxylic acids is 1. The van der Waals surface area contributed by atoms with Gasteiger partial charge in [-0.3, -0.25) is 4.79 Å². The van der Waals surface area contributed by atoms with Gasteiger partial charge in [-0.2, -0.15) is 0 Å². The Morgan fingerprint density at radius 1 is 1.14 bits per heavy atom. The Labute approximate surface area is 208 Å².